The molecule has 1 heterocycles. The summed E-state index contributed by atoms with van der Waals surface area (Å²) in [4.78, 5) is 2.02. The van der Waals surface area contributed by atoms with Crippen LogP contribution in [0, 0.1) is 0 Å². The van der Waals surface area contributed by atoms with E-state index in [1.807, 2.05) is 23.2 Å². The normalized spacial score (nSPS) is 11.7. The Morgan fingerprint density at radius 2 is 2.00 bits per heavy atom. The minimum absolute atomic E-state index is 0.359. The Labute approximate surface area is 110 Å². The zero-order valence-electron chi connectivity index (χ0n) is 8.60. The van der Waals surface area contributed by atoms with Crippen molar-refractivity contribution in [1.82, 2.24) is 0 Å². The number of rotatable bonds is 4. The zero-order valence-corrected chi connectivity index (χ0v) is 11.9. The van der Waals surface area contributed by atoms with Crippen molar-refractivity contribution in [1.29, 1.82) is 0 Å². The van der Waals surface area contributed by atoms with Crippen molar-refractivity contribution in [3.8, 4) is 0 Å². The third-order valence-corrected chi connectivity index (χ3v) is 5.44. The number of furan rings is 1. The second-order valence-corrected chi connectivity index (χ2v) is 6.22. The second kappa shape index (κ2) is 6.09. The summed E-state index contributed by atoms with van der Waals surface area (Å²) < 4.78 is 8.10. The van der Waals surface area contributed by atoms with Crippen molar-refractivity contribution in [2.45, 2.75) is 6.42 Å². The molecule has 0 saturated heterocycles. The topological polar surface area (TPSA) is 13.1 Å². The molecule has 0 amide bonds. The number of allylic oxidation sites excluding steroid dienone is 1. The Bertz CT molecular complexity index is 448. The van der Waals surface area contributed by atoms with Crippen molar-refractivity contribution in [2.75, 3.05) is 0 Å². The summed E-state index contributed by atoms with van der Waals surface area (Å²) in [7, 11) is 0. The van der Waals surface area contributed by atoms with E-state index in [1.54, 1.807) is 6.26 Å². The molecule has 1 nitrogen and oxygen atoms in total. The summed E-state index contributed by atoms with van der Waals surface area (Å²) >= 11 is 3.79. The monoisotopic (exact) mass is 342 g/mol. The number of halogens is 1. The third-order valence-electron chi connectivity index (χ3n) is 2.04. The average Bonchev–Trinajstić information content (AvgIpc) is 2.82. The molecule has 0 aliphatic rings. The van der Waals surface area contributed by atoms with Gasteiger partial charge in [0.1, 0.15) is 0 Å². The van der Waals surface area contributed by atoms with Gasteiger partial charge in [-0.1, -0.05) is 0 Å². The molecule has 16 heavy (non-hydrogen) atoms. The maximum atomic E-state index is 5.35. The predicted molar refractivity (Wildman–Crippen MR) is 71.3 cm³/mol. The molecule has 2 aromatic rings. The summed E-state index contributed by atoms with van der Waals surface area (Å²) in [6, 6.07) is 14.5. The fourth-order valence-electron chi connectivity index (χ4n) is 1.32. The Morgan fingerprint density at radius 1 is 1.19 bits per heavy atom. The number of hydrogen-bond acceptors (Lipinski definition) is 1. The van der Waals surface area contributed by atoms with E-state index < -0.39 is 0 Å². The van der Waals surface area contributed by atoms with Crippen LogP contribution in [0.1, 0.15) is 5.76 Å². The zero-order chi connectivity index (χ0) is 11.2. The van der Waals surface area contributed by atoms with Gasteiger partial charge in [0, 0.05) is 0 Å². The summed E-state index contributed by atoms with van der Waals surface area (Å²) in [6.07, 6.45) is 2.60. The molecule has 0 saturated carbocycles. The van der Waals surface area contributed by atoms with Gasteiger partial charge in [0.15, 0.2) is 0 Å². The predicted octanol–water partition coefficient (Wildman–Crippen LogP) is 3.09. The molecule has 0 bridgehead atoms. The molecular weight excluding hydrogens is 331 g/mol. The van der Waals surface area contributed by atoms with Crippen LogP contribution in [-0.2, 0) is 6.42 Å². The van der Waals surface area contributed by atoms with E-state index >= 15 is 0 Å². The molecule has 0 spiro atoms. The Morgan fingerprint density at radius 3 is 2.62 bits per heavy atom. The third kappa shape index (κ3) is 3.38. The van der Waals surface area contributed by atoms with E-state index in [9.17, 15) is 0 Å². The molecule has 0 N–H and O–H groups in total. The van der Waals surface area contributed by atoms with E-state index in [0.717, 1.165) is 12.2 Å². The van der Waals surface area contributed by atoms with Gasteiger partial charge in [-0.25, -0.2) is 0 Å². The first kappa shape index (κ1) is 11.7. The van der Waals surface area contributed by atoms with Crippen LogP contribution in [0.25, 0.3) is 0 Å². The van der Waals surface area contributed by atoms with Crippen molar-refractivity contribution >= 4 is 35.3 Å². The van der Waals surface area contributed by atoms with Crippen LogP contribution < -0.4 is 4.46 Å². The molecule has 1 aromatic carbocycles. The SMILES string of the molecule is Br/C=C(/Cc1ccco1)[Se]c1ccccc1. The molecule has 2 rings (SSSR count). The van der Waals surface area contributed by atoms with E-state index in [0.29, 0.717) is 15.0 Å². The molecule has 0 aliphatic carbocycles. The molecule has 0 atom stereocenters. The van der Waals surface area contributed by atoms with E-state index in [-0.39, 0.29) is 0 Å². The minimum atomic E-state index is 0.359. The number of benzene rings is 1. The fraction of sp³-hybridized carbons (Fsp3) is 0.0769. The van der Waals surface area contributed by atoms with E-state index in [4.69, 9.17) is 4.42 Å². The Kier molecular flexibility index (Phi) is 4.46. The van der Waals surface area contributed by atoms with Crippen molar-refractivity contribution in [2.24, 2.45) is 0 Å². The first-order valence-electron chi connectivity index (χ1n) is 4.93. The molecule has 82 valence electrons. The maximum absolute atomic E-state index is 5.35. The Hall–Kier alpha value is -0.761. The van der Waals surface area contributed by atoms with Gasteiger partial charge in [-0.15, -0.1) is 0 Å². The van der Waals surface area contributed by atoms with Gasteiger partial charge >= 0.3 is 110 Å². The van der Waals surface area contributed by atoms with Crippen LogP contribution in [0.15, 0.2) is 62.6 Å². The standard InChI is InChI=1S/C13H11BrOSe/c14-10-13(9-11-5-4-8-15-11)16-12-6-2-1-3-7-12/h1-8,10H,9H2/b13-10-. The van der Waals surface area contributed by atoms with Gasteiger partial charge < -0.3 is 0 Å². The molecule has 3 heteroatoms. The van der Waals surface area contributed by atoms with Gasteiger partial charge in [0.05, 0.1) is 0 Å². The van der Waals surface area contributed by atoms with Crippen LogP contribution in [0.3, 0.4) is 0 Å². The van der Waals surface area contributed by atoms with E-state index in [1.165, 1.54) is 8.93 Å². The van der Waals surface area contributed by atoms with Gasteiger partial charge in [0.25, 0.3) is 0 Å². The van der Waals surface area contributed by atoms with Crippen molar-refractivity contribution in [3.63, 3.8) is 0 Å². The number of hydrogen-bond donors (Lipinski definition) is 0. The van der Waals surface area contributed by atoms with Gasteiger partial charge in [-0.3, -0.25) is 0 Å². The fourth-order valence-corrected chi connectivity index (χ4v) is 3.76. The van der Waals surface area contributed by atoms with Crippen molar-refractivity contribution < 1.29 is 4.42 Å². The summed E-state index contributed by atoms with van der Waals surface area (Å²) in [5, 5.41) is 0. The quantitative estimate of drug-likeness (QED) is 0.779. The van der Waals surface area contributed by atoms with Crippen LogP contribution in [-0.4, -0.2) is 15.0 Å². The average molecular weight is 342 g/mol. The molecule has 0 fully saturated rings. The summed E-state index contributed by atoms with van der Waals surface area (Å²) in [6.45, 7) is 0. The van der Waals surface area contributed by atoms with Crippen LogP contribution in [0.2, 0.25) is 0 Å². The first-order valence-corrected chi connectivity index (χ1v) is 7.56. The molecule has 1 aromatic heterocycles. The molecule has 0 aliphatic heterocycles. The molecular formula is C13H11BrOSe. The van der Waals surface area contributed by atoms with Crippen LogP contribution in [0.4, 0.5) is 0 Å². The summed E-state index contributed by atoms with van der Waals surface area (Å²) in [5.41, 5.74) is 0. The molecule has 0 unspecified atom stereocenters. The Balaban J connectivity index is 2.02. The van der Waals surface area contributed by atoms with Crippen LogP contribution >= 0.6 is 15.9 Å². The molecule has 0 radical (unpaired) electrons. The second-order valence-electron chi connectivity index (χ2n) is 3.25. The van der Waals surface area contributed by atoms with E-state index in [2.05, 4.69) is 40.2 Å². The van der Waals surface area contributed by atoms with Gasteiger partial charge in [-0.2, -0.15) is 0 Å². The first-order chi connectivity index (χ1) is 7.88. The van der Waals surface area contributed by atoms with Crippen molar-refractivity contribution in [3.05, 3.63) is 63.9 Å². The van der Waals surface area contributed by atoms with Crippen LogP contribution in [0.5, 0.6) is 0 Å². The summed E-state index contributed by atoms with van der Waals surface area (Å²) in [5.74, 6) is 1.02. The van der Waals surface area contributed by atoms with Gasteiger partial charge in [0.2, 0.25) is 0 Å². The van der Waals surface area contributed by atoms with Gasteiger partial charge in [-0.05, 0) is 0 Å².